The zero-order valence-corrected chi connectivity index (χ0v) is 18.0. The van der Waals surface area contributed by atoms with Crippen molar-refractivity contribution < 1.29 is 10.0 Å². The van der Waals surface area contributed by atoms with E-state index < -0.39 is 5.91 Å². The number of likely N-dealkylation sites (tertiary alicyclic amines) is 1. The van der Waals surface area contributed by atoms with Crippen LogP contribution >= 0.6 is 24.8 Å². The number of halogens is 2. The fourth-order valence-electron chi connectivity index (χ4n) is 3.28. The summed E-state index contributed by atoms with van der Waals surface area (Å²) in [6.45, 7) is 5.20. The molecule has 1 aliphatic rings. The van der Waals surface area contributed by atoms with Crippen LogP contribution in [-0.4, -0.2) is 40.1 Å². The third-order valence-corrected chi connectivity index (χ3v) is 4.71. The number of amides is 1. The molecule has 6 nitrogen and oxygen atoms in total. The van der Waals surface area contributed by atoms with Crippen LogP contribution < -0.4 is 10.8 Å². The third kappa shape index (κ3) is 8.03. The van der Waals surface area contributed by atoms with E-state index >= 15 is 0 Å². The van der Waals surface area contributed by atoms with Crippen LogP contribution in [0.1, 0.15) is 29.5 Å². The Morgan fingerprint density at radius 1 is 1.24 bits per heavy atom. The van der Waals surface area contributed by atoms with Crippen LogP contribution in [0.5, 0.6) is 0 Å². The van der Waals surface area contributed by atoms with Gasteiger partial charge in [0.15, 0.2) is 0 Å². The first kappa shape index (κ1) is 24.9. The van der Waals surface area contributed by atoms with E-state index in [9.17, 15) is 4.79 Å². The molecule has 1 aliphatic heterocycles. The van der Waals surface area contributed by atoms with Gasteiger partial charge in [-0.15, -0.1) is 24.8 Å². The van der Waals surface area contributed by atoms with Gasteiger partial charge in [-0.25, -0.2) is 10.5 Å². The number of anilines is 1. The lowest BCUT2D eigenvalue weighted by Crippen LogP contribution is -2.41. The largest absolute Gasteiger partial charge is 0.366 e. The number of carbonyl (C=O) groups is 1. The topological polar surface area (TPSA) is 77.5 Å². The number of carbonyl (C=O) groups excluding carboxylic acids is 1. The van der Waals surface area contributed by atoms with Crippen LogP contribution in [0, 0.1) is 6.92 Å². The molecular weight excluding hydrogens is 411 g/mol. The van der Waals surface area contributed by atoms with E-state index in [4.69, 9.17) is 5.21 Å². The Hall–Kier alpha value is -2.12. The molecular formula is C21H28Cl2N4O2. The van der Waals surface area contributed by atoms with E-state index in [0.717, 1.165) is 37.4 Å². The number of rotatable bonds is 6. The summed E-state index contributed by atoms with van der Waals surface area (Å²) in [6, 6.07) is 12.9. The molecule has 2 heterocycles. The summed E-state index contributed by atoms with van der Waals surface area (Å²) in [5.41, 5.74) is 5.00. The molecule has 2 aromatic rings. The smallest absolute Gasteiger partial charge is 0.267 e. The first-order chi connectivity index (χ1) is 13.1. The number of hydrogen-bond donors (Lipinski definition) is 3. The maximum atomic E-state index is 11.0. The lowest BCUT2D eigenvalue weighted by atomic mass is 10.0. The van der Waals surface area contributed by atoms with Crippen molar-refractivity contribution in [2.24, 2.45) is 0 Å². The first-order valence-electron chi connectivity index (χ1n) is 9.25. The third-order valence-electron chi connectivity index (χ3n) is 4.71. The molecule has 3 N–H and O–H groups in total. The Kier molecular flexibility index (Phi) is 10.7. The van der Waals surface area contributed by atoms with Crippen molar-refractivity contribution in [3.05, 3.63) is 65.4 Å². The number of hydrogen-bond acceptors (Lipinski definition) is 5. The van der Waals surface area contributed by atoms with E-state index in [2.05, 4.69) is 46.4 Å². The standard InChI is InChI=1S/C21H26N4O2.2ClH/c1-16-4-6-18(7-5-16)14-25-12-2-3-19(15-25)23-20-10-8-17(13-22-20)9-11-21(26)24-27;;/h4-11,13,19,27H,2-3,12,14-15H2,1H3,(H,22,23)(H,24,26);2*1H/t19-;;/m1../s1. The molecule has 29 heavy (non-hydrogen) atoms. The minimum absolute atomic E-state index is 0. The van der Waals surface area contributed by atoms with Crippen molar-refractivity contribution >= 4 is 42.6 Å². The molecule has 1 amide bonds. The van der Waals surface area contributed by atoms with Gasteiger partial charge in [0.2, 0.25) is 0 Å². The van der Waals surface area contributed by atoms with E-state index in [1.54, 1.807) is 17.8 Å². The molecule has 1 aromatic heterocycles. The van der Waals surface area contributed by atoms with E-state index in [1.807, 2.05) is 12.1 Å². The lowest BCUT2D eigenvalue weighted by molar-refractivity contribution is -0.124. The lowest BCUT2D eigenvalue weighted by Gasteiger charge is -2.33. The van der Waals surface area contributed by atoms with E-state index in [0.29, 0.717) is 6.04 Å². The summed E-state index contributed by atoms with van der Waals surface area (Å²) in [5.74, 6) is 0.272. The van der Waals surface area contributed by atoms with Crippen molar-refractivity contribution in [1.82, 2.24) is 15.4 Å². The second-order valence-corrected chi connectivity index (χ2v) is 6.99. The van der Waals surface area contributed by atoms with Crippen LogP contribution in [0.3, 0.4) is 0 Å². The summed E-state index contributed by atoms with van der Waals surface area (Å²) in [5, 5.41) is 12.0. The normalized spacial score (nSPS) is 16.6. The van der Waals surface area contributed by atoms with E-state index in [-0.39, 0.29) is 24.8 Å². The second-order valence-electron chi connectivity index (χ2n) is 6.99. The molecule has 158 valence electrons. The fraction of sp³-hybridized carbons (Fsp3) is 0.333. The maximum absolute atomic E-state index is 11.0. The number of benzene rings is 1. The van der Waals surface area contributed by atoms with Crippen molar-refractivity contribution in [1.29, 1.82) is 0 Å². The van der Waals surface area contributed by atoms with Gasteiger partial charge in [-0.2, -0.15) is 0 Å². The average molecular weight is 439 g/mol. The summed E-state index contributed by atoms with van der Waals surface area (Å²) < 4.78 is 0. The fourth-order valence-corrected chi connectivity index (χ4v) is 3.28. The molecule has 8 heteroatoms. The number of aryl methyl sites for hydroxylation is 1. The Labute approximate surface area is 184 Å². The molecule has 1 aromatic carbocycles. The predicted octanol–water partition coefficient (Wildman–Crippen LogP) is 3.83. The number of nitrogens with zero attached hydrogens (tertiary/aromatic N) is 2. The molecule has 0 radical (unpaired) electrons. The maximum Gasteiger partial charge on any atom is 0.267 e. The van der Waals surface area contributed by atoms with Gasteiger partial charge in [0.05, 0.1) is 0 Å². The highest BCUT2D eigenvalue weighted by atomic mass is 35.5. The highest BCUT2D eigenvalue weighted by Gasteiger charge is 2.20. The van der Waals surface area contributed by atoms with Crippen LogP contribution in [0.4, 0.5) is 5.82 Å². The second kappa shape index (κ2) is 12.4. The molecule has 1 fully saturated rings. The van der Waals surface area contributed by atoms with E-state index in [1.165, 1.54) is 23.6 Å². The van der Waals surface area contributed by atoms with Gasteiger partial charge in [0.25, 0.3) is 5.91 Å². The Morgan fingerprint density at radius 3 is 2.66 bits per heavy atom. The van der Waals surface area contributed by atoms with Crippen LogP contribution in [0.2, 0.25) is 0 Å². The quantitative estimate of drug-likeness (QED) is 0.362. The van der Waals surface area contributed by atoms with Crippen LogP contribution in [0.15, 0.2) is 48.7 Å². The van der Waals surface area contributed by atoms with Crippen molar-refractivity contribution in [2.45, 2.75) is 32.4 Å². The number of piperidine rings is 1. The van der Waals surface area contributed by atoms with Gasteiger partial charge in [0, 0.05) is 31.4 Å². The minimum atomic E-state index is -0.562. The van der Waals surface area contributed by atoms with Crippen molar-refractivity contribution in [3.63, 3.8) is 0 Å². The van der Waals surface area contributed by atoms with Gasteiger partial charge in [-0.05, 0) is 55.6 Å². The van der Waals surface area contributed by atoms with Gasteiger partial charge < -0.3 is 5.32 Å². The van der Waals surface area contributed by atoms with Gasteiger partial charge in [-0.3, -0.25) is 14.9 Å². The monoisotopic (exact) mass is 438 g/mol. The van der Waals surface area contributed by atoms with Crippen LogP contribution in [-0.2, 0) is 11.3 Å². The molecule has 0 bridgehead atoms. The summed E-state index contributed by atoms with van der Waals surface area (Å²) >= 11 is 0. The first-order valence-corrected chi connectivity index (χ1v) is 9.25. The molecule has 0 spiro atoms. The van der Waals surface area contributed by atoms with Gasteiger partial charge in [0.1, 0.15) is 5.82 Å². The molecule has 0 aliphatic carbocycles. The van der Waals surface area contributed by atoms with Gasteiger partial charge >= 0.3 is 0 Å². The van der Waals surface area contributed by atoms with Crippen molar-refractivity contribution in [2.75, 3.05) is 18.4 Å². The Morgan fingerprint density at radius 2 is 2.00 bits per heavy atom. The summed E-state index contributed by atoms with van der Waals surface area (Å²) in [7, 11) is 0. The zero-order chi connectivity index (χ0) is 19.1. The predicted molar refractivity (Wildman–Crippen MR) is 121 cm³/mol. The minimum Gasteiger partial charge on any atom is -0.366 e. The summed E-state index contributed by atoms with van der Waals surface area (Å²) in [4.78, 5) is 17.9. The summed E-state index contributed by atoms with van der Waals surface area (Å²) in [6.07, 6.45) is 6.86. The number of nitrogens with one attached hydrogen (secondary N) is 2. The molecule has 3 rings (SSSR count). The zero-order valence-electron chi connectivity index (χ0n) is 16.4. The molecule has 1 atom stereocenters. The number of pyridine rings is 1. The van der Waals surface area contributed by atoms with Gasteiger partial charge in [-0.1, -0.05) is 29.8 Å². The number of aromatic nitrogens is 1. The van der Waals surface area contributed by atoms with Crippen molar-refractivity contribution in [3.8, 4) is 0 Å². The molecule has 0 saturated carbocycles. The Balaban J connectivity index is 0.00000210. The van der Waals surface area contributed by atoms with Crippen LogP contribution in [0.25, 0.3) is 6.08 Å². The average Bonchev–Trinajstić information content (AvgIpc) is 2.69. The molecule has 1 saturated heterocycles. The SMILES string of the molecule is Cc1ccc(CN2CCC[C@@H](Nc3ccc(C=CC(=O)NO)cn3)C2)cc1.Cl.Cl. The Bertz CT molecular complexity index is 782. The highest BCUT2D eigenvalue weighted by Crippen LogP contribution is 2.17. The molecule has 0 unspecified atom stereocenters. The highest BCUT2D eigenvalue weighted by molar-refractivity contribution is 5.90. The number of hydroxylamine groups is 1.